The monoisotopic (exact) mass is 211 g/mol. The molecule has 1 unspecified atom stereocenters. The zero-order valence-electron chi connectivity index (χ0n) is 10.0. The first-order chi connectivity index (χ1) is 7.20. The van der Waals surface area contributed by atoms with Gasteiger partial charge < -0.3 is 14.6 Å². The lowest BCUT2D eigenvalue weighted by Crippen LogP contribution is -2.23. The van der Waals surface area contributed by atoms with Crippen molar-refractivity contribution in [3.05, 3.63) is 18.2 Å². The second-order valence-corrected chi connectivity index (χ2v) is 4.09. The highest BCUT2D eigenvalue weighted by Crippen LogP contribution is 2.19. The fourth-order valence-corrected chi connectivity index (χ4v) is 1.71. The molecule has 0 bridgehead atoms. The standard InChI is InChI=1S/C11H21N3O/c1-9(2)11(7-15-4)14-8-13-6-10(14)5-12-3/h6,8-9,11-12H,5,7H2,1-4H3. The van der Waals surface area contributed by atoms with Crippen LogP contribution in [0.3, 0.4) is 0 Å². The number of methoxy groups -OCH3 is 1. The van der Waals surface area contributed by atoms with Crippen molar-refractivity contribution in [3.8, 4) is 0 Å². The summed E-state index contributed by atoms with van der Waals surface area (Å²) in [5, 5.41) is 3.14. The molecule has 0 saturated carbocycles. The van der Waals surface area contributed by atoms with E-state index in [1.165, 1.54) is 5.69 Å². The molecule has 0 aromatic carbocycles. The predicted octanol–water partition coefficient (Wildman–Crippen LogP) is 1.45. The zero-order chi connectivity index (χ0) is 11.3. The SMILES string of the molecule is CNCc1cncn1C(COC)C(C)C. The maximum Gasteiger partial charge on any atom is 0.0952 e. The van der Waals surface area contributed by atoms with Gasteiger partial charge in [0.1, 0.15) is 0 Å². The number of hydrogen-bond donors (Lipinski definition) is 1. The van der Waals surface area contributed by atoms with Crippen molar-refractivity contribution >= 4 is 0 Å². The van der Waals surface area contributed by atoms with E-state index in [1.807, 2.05) is 19.6 Å². The van der Waals surface area contributed by atoms with Crippen LogP contribution in [-0.4, -0.2) is 30.3 Å². The lowest BCUT2D eigenvalue weighted by atomic mass is 10.1. The molecule has 1 aromatic rings. The minimum Gasteiger partial charge on any atom is -0.383 e. The van der Waals surface area contributed by atoms with Crippen LogP contribution in [0, 0.1) is 5.92 Å². The minimum atomic E-state index is 0.362. The molecule has 0 saturated heterocycles. The van der Waals surface area contributed by atoms with Crippen molar-refractivity contribution in [2.24, 2.45) is 5.92 Å². The number of nitrogens with zero attached hydrogens (tertiary/aromatic N) is 2. The Morgan fingerprint density at radius 1 is 1.53 bits per heavy atom. The first-order valence-corrected chi connectivity index (χ1v) is 5.35. The zero-order valence-corrected chi connectivity index (χ0v) is 10.0. The summed E-state index contributed by atoms with van der Waals surface area (Å²) in [6.45, 7) is 5.97. The van der Waals surface area contributed by atoms with Gasteiger partial charge in [0.15, 0.2) is 0 Å². The van der Waals surface area contributed by atoms with E-state index in [0.29, 0.717) is 12.0 Å². The van der Waals surface area contributed by atoms with E-state index in [2.05, 4.69) is 28.7 Å². The highest BCUT2D eigenvalue weighted by molar-refractivity contribution is 5.00. The van der Waals surface area contributed by atoms with E-state index >= 15 is 0 Å². The highest BCUT2D eigenvalue weighted by Gasteiger charge is 2.17. The quantitative estimate of drug-likeness (QED) is 0.774. The summed E-state index contributed by atoms with van der Waals surface area (Å²) in [4.78, 5) is 4.19. The van der Waals surface area contributed by atoms with Crippen LogP contribution in [0.2, 0.25) is 0 Å². The normalized spacial score (nSPS) is 13.4. The van der Waals surface area contributed by atoms with Gasteiger partial charge in [0.2, 0.25) is 0 Å². The summed E-state index contributed by atoms with van der Waals surface area (Å²) in [5.41, 5.74) is 1.20. The molecule has 0 aliphatic heterocycles. The number of ether oxygens (including phenoxy) is 1. The molecule has 1 heterocycles. The Labute approximate surface area is 91.7 Å². The topological polar surface area (TPSA) is 39.1 Å². The van der Waals surface area contributed by atoms with Crippen molar-refractivity contribution < 1.29 is 4.74 Å². The summed E-state index contributed by atoms with van der Waals surface area (Å²) in [6, 6.07) is 0.362. The maximum absolute atomic E-state index is 5.25. The second-order valence-electron chi connectivity index (χ2n) is 4.09. The van der Waals surface area contributed by atoms with Crippen molar-refractivity contribution in [3.63, 3.8) is 0 Å². The highest BCUT2D eigenvalue weighted by atomic mass is 16.5. The van der Waals surface area contributed by atoms with Gasteiger partial charge in [0.25, 0.3) is 0 Å². The Balaban J connectivity index is 2.84. The predicted molar refractivity (Wildman–Crippen MR) is 60.7 cm³/mol. The van der Waals surface area contributed by atoms with Crippen LogP contribution in [-0.2, 0) is 11.3 Å². The van der Waals surface area contributed by atoms with E-state index in [1.54, 1.807) is 7.11 Å². The molecule has 0 aliphatic rings. The van der Waals surface area contributed by atoms with Gasteiger partial charge in [-0.25, -0.2) is 4.98 Å². The lowest BCUT2D eigenvalue weighted by Gasteiger charge is -2.23. The largest absolute Gasteiger partial charge is 0.383 e. The number of aromatic nitrogens is 2. The molecule has 1 rings (SSSR count). The van der Waals surface area contributed by atoms with Gasteiger partial charge in [-0.15, -0.1) is 0 Å². The fourth-order valence-electron chi connectivity index (χ4n) is 1.71. The first kappa shape index (κ1) is 12.2. The van der Waals surface area contributed by atoms with Crippen LogP contribution in [0.1, 0.15) is 25.6 Å². The molecule has 4 heteroatoms. The number of rotatable bonds is 6. The van der Waals surface area contributed by atoms with Gasteiger partial charge in [0, 0.05) is 19.9 Å². The third-order valence-electron chi connectivity index (χ3n) is 2.57. The Hall–Kier alpha value is -0.870. The van der Waals surface area contributed by atoms with E-state index in [-0.39, 0.29) is 0 Å². The van der Waals surface area contributed by atoms with Crippen LogP contribution in [0.15, 0.2) is 12.5 Å². The summed E-state index contributed by atoms with van der Waals surface area (Å²) < 4.78 is 7.45. The first-order valence-electron chi connectivity index (χ1n) is 5.35. The molecule has 0 fully saturated rings. The van der Waals surface area contributed by atoms with Crippen molar-refractivity contribution in [1.82, 2.24) is 14.9 Å². The van der Waals surface area contributed by atoms with Crippen molar-refractivity contribution in [2.45, 2.75) is 26.4 Å². The average Bonchev–Trinajstić information content (AvgIpc) is 2.62. The van der Waals surface area contributed by atoms with Gasteiger partial charge in [-0.3, -0.25) is 0 Å². The number of hydrogen-bond acceptors (Lipinski definition) is 3. The number of imidazole rings is 1. The third kappa shape index (κ3) is 3.04. The summed E-state index contributed by atoms with van der Waals surface area (Å²) in [5.74, 6) is 0.537. The molecule has 4 nitrogen and oxygen atoms in total. The molecule has 0 radical (unpaired) electrons. The Kier molecular flexibility index (Phi) is 4.78. The van der Waals surface area contributed by atoms with Crippen LogP contribution < -0.4 is 5.32 Å². The van der Waals surface area contributed by atoms with Gasteiger partial charge in [-0.05, 0) is 13.0 Å². The van der Waals surface area contributed by atoms with Gasteiger partial charge in [-0.2, -0.15) is 0 Å². The molecule has 1 N–H and O–H groups in total. The third-order valence-corrected chi connectivity index (χ3v) is 2.57. The van der Waals surface area contributed by atoms with E-state index in [4.69, 9.17) is 4.74 Å². The molecule has 0 amide bonds. The molecule has 0 aliphatic carbocycles. The molecule has 86 valence electrons. The van der Waals surface area contributed by atoms with Crippen LogP contribution in [0.5, 0.6) is 0 Å². The summed E-state index contributed by atoms with van der Waals surface area (Å²) in [6.07, 6.45) is 3.79. The van der Waals surface area contributed by atoms with Gasteiger partial charge in [0.05, 0.1) is 24.7 Å². The average molecular weight is 211 g/mol. The van der Waals surface area contributed by atoms with E-state index < -0.39 is 0 Å². The van der Waals surface area contributed by atoms with E-state index in [0.717, 1.165) is 13.2 Å². The molecule has 1 atom stereocenters. The Bertz CT molecular complexity index is 283. The molecular formula is C11H21N3O. The van der Waals surface area contributed by atoms with Crippen LogP contribution in [0.4, 0.5) is 0 Å². The minimum absolute atomic E-state index is 0.362. The fraction of sp³-hybridized carbons (Fsp3) is 0.727. The van der Waals surface area contributed by atoms with Gasteiger partial charge in [-0.1, -0.05) is 13.8 Å². The maximum atomic E-state index is 5.25. The summed E-state index contributed by atoms with van der Waals surface area (Å²) in [7, 11) is 3.68. The Morgan fingerprint density at radius 2 is 2.27 bits per heavy atom. The van der Waals surface area contributed by atoms with Gasteiger partial charge >= 0.3 is 0 Å². The lowest BCUT2D eigenvalue weighted by molar-refractivity contribution is 0.131. The van der Waals surface area contributed by atoms with Crippen molar-refractivity contribution in [2.75, 3.05) is 20.8 Å². The molecule has 15 heavy (non-hydrogen) atoms. The Morgan fingerprint density at radius 3 is 2.80 bits per heavy atom. The van der Waals surface area contributed by atoms with Crippen LogP contribution in [0.25, 0.3) is 0 Å². The van der Waals surface area contributed by atoms with Crippen LogP contribution >= 0.6 is 0 Å². The molecule has 1 aromatic heterocycles. The van der Waals surface area contributed by atoms with E-state index in [9.17, 15) is 0 Å². The molecule has 0 spiro atoms. The smallest absolute Gasteiger partial charge is 0.0952 e. The number of nitrogens with one attached hydrogen (secondary N) is 1. The summed E-state index contributed by atoms with van der Waals surface area (Å²) >= 11 is 0. The second kappa shape index (κ2) is 5.88. The molecular weight excluding hydrogens is 190 g/mol. The van der Waals surface area contributed by atoms with Crippen molar-refractivity contribution in [1.29, 1.82) is 0 Å².